The molecule has 1 aromatic rings. The molecule has 0 unspecified atom stereocenters. The largest absolute Gasteiger partial charge is 0.465 e. The summed E-state index contributed by atoms with van der Waals surface area (Å²) >= 11 is 0. The van der Waals surface area contributed by atoms with E-state index in [-0.39, 0.29) is 12.5 Å². The molecule has 9 heteroatoms. The molecule has 1 aromatic heterocycles. The maximum absolute atomic E-state index is 12.9. The molecule has 0 aromatic carbocycles. The molecular weight excluding hydrogens is 325 g/mol. The lowest BCUT2D eigenvalue weighted by Gasteiger charge is -2.35. The molecule has 0 radical (unpaired) electrons. The van der Waals surface area contributed by atoms with Crippen molar-refractivity contribution in [2.24, 2.45) is 0 Å². The van der Waals surface area contributed by atoms with Gasteiger partial charge in [0, 0.05) is 37.4 Å². The van der Waals surface area contributed by atoms with E-state index in [0.717, 1.165) is 0 Å². The number of ether oxygens (including phenoxy) is 1. The van der Waals surface area contributed by atoms with Gasteiger partial charge in [-0.3, -0.25) is 9.69 Å². The van der Waals surface area contributed by atoms with Crippen LogP contribution in [0.5, 0.6) is 0 Å². The second kappa shape index (κ2) is 7.33. The fourth-order valence-corrected chi connectivity index (χ4v) is 2.56. The Morgan fingerprint density at radius 2 is 1.79 bits per heavy atom. The Balaban J connectivity index is 2.09. The fourth-order valence-electron chi connectivity index (χ4n) is 2.56. The Bertz CT molecular complexity index is 599. The summed E-state index contributed by atoms with van der Waals surface area (Å²) in [7, 11) is 0. The van der Waals surface area contributed by atoms with Gasteiger partial charge in [0.1, 0.15) is 5.82 Å². The van der Waals surface area contributed by atoms with Crippen molar-refractivity contribution in [2.75, 3.05) is 44.2 Å². The first-order valence-corrected chi connectivity index (χ1v) is 7.77. The topological polar surface area (TPSA) is 58.6 Å². The number of hydrogen-bond donors (Lipinski definition) is 0. The summed E-state index contributed by atoms with van der Waals surface area (Å²) in [6.45, 7) is 7.64. The third kappa shape index (κ3) is 4.34. The predicted molar refractivity (Wildman–Crippen MR) is 81.8 cm³/mol. The summed E-state index contributed by atoms with van der Waals surface area (Å²) in [6, 6.07) is 0. The van der Waals surface area contributed by atoms with Gasteiger partial charge in [0.05, 0.1) is 13.2 Å². The van der Waals surface area contributed by atoms with Crippen LogP contribution in [0.25, 0.3) is 0 Å². The molecule has 1 aliphatic heterocycles. The highest BCUT2D eigenvalue weighted by Crippen LogP contribution is 2.30. The van der Waals surface area contributed by atoms with Gasteiger partial charge in [0.2, 0.25) is 5.82 Å². The zero-order valence-corrected chi connectivity index (χ0v) is 14.0. The SMILES string of the molecule is CCOC(=O)CN1CCN(c2nc(C(F)(F)F)nc(C)c2C)CC1. The van der Waals surface area contributed by atoms with Crippen molar-refractivity contribution in [1.82, 2.24) is 14.9 Å². The fraction of sp³-hybridized carbons (Fsp3) is 0.667. The van der Waals surface area contributed by atoms with Crippen LogP contribution in [-0.2, 0) is 15.7 Å². The third-order valence-corrected chi connectivity index (χ3v) is 3.95. The van der Waals surface area contributed by atoms with Crippen LogP contribution in [0.15, 0.2) is 0 Å². The first-order valence-electron chi connectivity index (χ1n) is 7.77. The minimum Gasteiger partial charge on any atom is -0.465 e. The van der Waals surface area contributed by atoms with Gasteiger partial charge in [-0.2, -0.15) is 13.2 Å². The maximum Gasteiger partial charge on any atom is 0.451 e. The summed E-state index contributed by atoms with van der Waals surface area (Å²) in [4.78, 5) is 22.5. The Morgan fingerprint density at radius 1 is 1.17 bits per heavy atom. The van der Waals surface area contributed by atoms with Crippen LogP contribution < -0.4 is 4.90 Å². The van der Waals surface area contributed by atoms with Crippen molar-refractivity contribution >= 4 is 11.8 Å². The van der Waals surface area contributed by atoms with Gasteiger partial charge in [-0.15, -0.1) is 0 Å². The zero-order valence-electron chi connectivity index (χ0n) is 14.0. The Labute approximate surface area is 138 Å². The van der Waals surface area contributed by atoms with Crippen LogP contribution in [0.4, 0.5) is 19.0 Å². The number of halogens is 3. The minimum atomic E-state index is -4.57. The number of rotatable bonds is 4. The number of carbonyl (C=O) groups is 1. The molecule has 6 nitrogen and oxygen atoms in total. The van der Waals surface area contributed by atoms with Gasteiger partial charge in [-0.1, -0.05) is 0 Å². The predicted octanol–water partition coefficient (Wildman–Crippen LogP) is 1.80. The van der Waals surface area contributed by atoms with Crippen molar-refractivity contribution in [3.8, 4) is 0 Å². The number of nitrogens with zero attached hydrogens (tertiary/aromatic N) is 4. The molecule has 2 rings (SSSR count). The number of anilines is 1. The van der Waals surface area contributed by atoms with E-state index < -0.39 is 12.0 Å². The van der Waals surface area contributed by atoms with Gasteiger partial charge in [-0.25, -0.2) is 9.97 Å². The van der Waals surface area contributed by atoms with Crippen LogP contribution in [0, 0.1) is 13.8 Å². The molecule has 2 heterocycles. The Morgan fingerprint density at radius 3 is 2.33 bits per heavy atom. The van der Waals surface area contributed by atoms with Gasteiger partial charge in [0.25, 0.3) is 0 Å². The normalized spacial score (nSPS) is 16.3. The lowest BCUT2D eigenvalue weighted by atomic mass is 10.2. The first-order chi connectivity index (χ1) is 11.2. The van der Waals surface area contributed by atoms with E-state index in [0.29, 0.717) is 49.9 Å². The Kier molecular flexibility index (Phi) is 5.63. The van der Waals surface area contributed by atoms with Crippen molar-refractivity contribution in [3.63, 3.8) is 0 Å². The molecule has 0 bridgehead atoms. The van der Waals surface area contributed by atoms with Crippen molar-refractivity contribution in [1.29, 1.82) is 0 Å². The number of carbonyl (C=O) groups excluding carboxylic acids is 1. The van der Waals surface area contributed by atoms with Crippen LogP contribution in [0.3, 0.4) is 0 Å². The summed E-state index contributed by atoms with van der Waals surface area (Å²) in [6.07, 6.45) is -4.57. The van der Waals surface area contributed by atoms with E-state index in [1.54, 1.807) is 25.7 Å². The van der Waals surface area contributed by atoms with Crippen molar-refractivity contribution < 1.29 is 22.7 Å². The van der Waals surface area contributed by atoms with Crippen LogP contribution >= 0.6 is 0 Å². The molecular formula is C15H21F3N4O2. The van der Waals surface area contributed by atoms with Crippen LogP contribution in [-0.4, -0.2) is 60.2 Å². The third-order valence-electron chi connectivity index (χ3n) is 3.95. The molecule has 1 saturated heterocycles. The van der Waals surface area contributed by atoms with E-state index >= 15 is 0 Å². The van der Waals surface area contributed by atoms with Crippen LogP contribution in [0.2, 0.25) is 0 Å². The minimum absolute atomic E-state index is 0.192. The average molecular weight is 346 g/mol. The van der Waals surface area contributed by atoms with Gasteiger partial charge in [0.15, 0.2) is 0 Å². The highest BCUT2D eigenvalue weighted by Gasteiger charge is 2.36. The van der Waals surface area contributed by atoms with E-state index in [9.17, 15) is 18.0 Å². The van der Waals surface area contributed by atoms with Crippen LogP contribution in [0.1, 0.15) is 24.0 Å². The highest BCUT2D eigenvalue weighted by molar-refractivity contribution is 5.71. The van der Waals surface area contributed by atoms with Gasteiger partial charge >= 0.3 is 12.1 Å². The molecule has 0 N–H and O–H groups in total. The molecule has 24 heavy (non-hydrogen) atoms. The zero-order chi connectivity index (χ0) is 17.9. The molecule has 0 amide bonds. The van der Waals surface area contributed by atoms with E-state index in [1.165, 1.54) is 0 Å². The molecule has 0 atom stereocenters. The standard InChI is InChI=1S/C15H21F3N4O2/c1-4-24-12(23)9-21-5-7-22(8-6-21)13-10(2)11(3)19-14(20-13)15(16,17)18/h4-9H2,1-3H3. The molecule has 0 saturated carbocycles. The van der Waals surface area contributed by atoms with E-state index in [4.69, 9.17) is 4.74 Å². The number of aromatic nitrogens is 2. The average Bonchev–Trinajstić information content (AvgIpc) is 2.50. The van der Waals surface area contributed by atoms with Gasteiger partial charge < -0.3 is 9.64 Å². The summed E-state index contributed by atoms with van der Waals surface area (Å²) in [5.41, 5.74) is 0.961. The highest BCUT2D eigenvalue weighted by atomic mass is 19.4. The number of alkyl halides is 3. The van der Waals surface area contributed by atoms with E-state index in [1.807, 2.05) is 4.90 Å². The molecule has 0 spiro atoms. The van der Waals surface area contributed by atoms with E-state index in [2.05, 4.69) is 9.97 Å². The number of aryl methyl sites for hydroxylation is 1. The number of piperazine rings is 1. The van der Waals surface area contributed by atoms with Crippen molar-refractivity contribution in [3.05, 3.63) is 17.1 Å². The number of hydrogen-bond acceptors (Lipinski definition) is 6. The lowest BCUT2D eigenvalue weighted by Crippen LogP contribution is -2.48. The number of esters is 1. The summed E-state index contributed by atoms with van der Waals surface area (Å²) < 4.78 is 43.7. The quantitative estimate of drug-likeness (QED) is 0.775. The second-order valence-corrected chi connectivity index (χ2v) is 5.65. The second-order valence-electron chi connectivity index (χ2n) is 5.65. The molecule has 1 fully saturated rings. The maximum atomic E-state index is 12.9. The Hall–Kier alpha value is -1.90. The molecule has 0 aliphatic carbocycles. The monoisotopic (exact) mass is 346 g/mol. The smallest absolute Gasteiger partial charge is 0.451 e. The molecule has 134 valence electrons. The lowest BCUT2D eigenvalue weighted by molar-refractivity contribution is -0.145. The van der Waals surface area contributed by atoms with Crippen molar-refractivity contribution in [2.45, 2.75) is 26.9 Å². The van der Waals surface area contributed by atoms with Gasteiger partial charge in [-0.05, 0) is 20.8 Å². The first kappa shape index (κ1) is 18.4. The summed E-state index contributed by atoms with van der Waals surface area (Å²) in [5, 5.41) is 0. The molecule has 1 aliphatic rings. The summed E-state index contributed by atoms with van der Waals surface area (Å²) in [5.74, 6) is -1.10.